The Hall–Kier alpha value is -3.02. The fraction of sp³-hybridized carbons (Fsp3) is 0.300. The van der Waals surface area contributed by atoms with Crippen LogP contribution in [0, 0.1) is 5.92 Å². The van der Waals surface area contributed by atoms with Crippen LogP contribution in [-0.2, 0) is 9.59 Å². The van der Waals surface area contributed by atoms with Crippen molar-refractivity contribution in [3.8, 4) is 5.75 Å². The number of carbonyl (C=O) groups is 2. The molecule has 136 valence electrons. The highest BCUT2D eigenvalue weighted by molar-refractivity contribution is 5.95. The molecule has 0 saturated carbocycles. The van der Waals surface area contributed by atoms with Gasteiger partial charge in [0.1, 0.15) is 5.75 Å². The number of piperidine rings is 1. The number of hydrogen-bond donors (Lipinski definition) is 2. The van der Waals surface area contributed by atoms with Crippen LogP contribution >= 0.6 is 0 Å². The van der Waals surface area contributed by atoms with Crippen LogP contribution in [0.5, 0.6) is 5.75 Å². The summed E-state index contributed by atoms with van der Waals surface area (Å²) in [5.74, 6) is 0.458. The first kappa shape index (κ1) is 17.8. The van der Waals surface area contributed by atoms with Gasteiger partial charge in [-0.1, -0.05) is 30.3 Å². The van der Waals surface area contributed by atoms with Crippen LogP contribution in [0.25, 0.3) is 0 Å². The Morgan fingerprint density at radius 2 is 1.69 bits per heavy atom. The summed E-state index contributed by atoms with van der Waals surface area (Å²) in [6.07, 6.45) is 1.27. The first-order chi connectivity index (χ1) is 12.6. The molecule has 0 aliphatic carbocycles. The first-order valence-electron chi connectivity index (χ1n) is 8.74. The van der Waals surface area contributed by atoms with Crippen molar-refractivity contribution in [2.75, 3.05) is 30.7 Å². The summed E-state index contributed by atoms with van der Waals surface area (Å²) < 4.78 is 5.50. The van der Waals surface area contributed by atoms with E-state index in [1.165, 1.54) is 0 Å². The molecule has 1 fully saturated rings. The number of nitrogens with one attached hydrogen (secondary N) is 1. The van der Waals surface area contributed by atoms with E-state index in [-0.39, 0.29) is 24.3 Å². The zero-order valence-corrected chi connectivity index (χ0v) is 14.6. The molecule has 3 N–H and O–H groups in total. The summed E-state index contributed by atoms with van der Waals surface area (Å²) >= 11 is 0. The van der Waals surface area contributed by atoms with Gasteiger partial charge in [0.15, 0.2) is 6.61 Å². The van der Waals surface area contributed by atoms with Crippen LogP contribution in [0.4, 0.5) is 11.4 Å². The Morgan fingerprint density at radius 1 is 1.04 bits per heavy atom. The molecule has 2 amide bonds. The number of hydrogen-bond acceptors (Lipinski definition) is 4. The second kappa shape index (κ2) is 8.38. The van der Waals surface area contributed by atoms with Gasteiger partial charge in [-0.3, -0.25) is 9.59 Å². The van der Waals surface area contributed by atoms with Gasteiger partial charge in [0.05, 0.1) is 11.4 Å². The highest BCUT2D eigenvalue weighted by Crippen LogP contribution is 2.22. The predicted molar refractivity (Wildman–Crippen MR) is 101 cm³/mol. The monoisotopic (exact) mass is 353 g/mol. The van der Waals surface area contributed by atoms with Gasteiger partial charge in [0.2, 0.25) is 5.91 Å². The lowest BCUT2D eigenvalue weighted by atomic mass is 9.95. The number of amides is 2. The number of carbonyl (C=O) groups excluding carboxylic acids is 2. The summed E-state index contributed by atoms with van der Waals surface area (Å²) in [5, 5.41) is 2.88. The van der Waals surface area contributed by atoms with E-state index in [0.29, 0.717) is 43.1 Å². The Balaban J connectivity index is 1.45. The Morgan fingerprint density at radius 3 is 2.38 bits per heavy atom. The molecule has 1 heterocycles. The number of anilines is 2. The van der Waals surface area contributed by atoms with Gasteiger partial charge in [-0.2, -0.15) is 0 Å². The zero-order chi connectivity index (χ0) is 18.4. The van der Waals surface area contributed by atoms with Gasteiger partial charge in [-0.15, -0.1) is 0 Å². The van der Waals surface area contributed by atoms with Gasteiger partial charge >= 0.3 is 0 Å². The highest BCUT2D eigenvalue weighted by Gasteiger charge is 2.27. The van der Waals surface area contributed by atoms with Gasteiger partial charge in [0.25, 0.3) is 5.91 Å². The average molecular weight is 353 g/mol. The molecule has 0 radical (unpaired) electrons. The molecule has 1 aliphatic rings. The van der Waals surface area contributed by atoms with Crippen molar-refractivity contribution in [1.29, 1.82) is 0 Å². The van der Waals surface area contributed by atoms with Crippen molar-refractivity contribution >= 4 is 23.2 Å². The average Bonchev–Trinajstić information content (AvgIpc) is 2.69. The van der Waals surface area contributed by atoms with E-state index in [9.17, 15) is 9.59 Å². The molecule has 1 aliphatic heterocycles. The lowest BCUT2D eigenvalue weighted by Crippen LogP contribution is -2.43. The van der Waals surface area contributed by atoms with E-state index in [2.05, 4.69) is 5.32 Å². The quantitative estimate of drug-likeness (QED) is 0.809. The maximum Gasteiger partial charge on any atom is 0.260 e. The van der Waals surface area contributed by atoms with E-state index < -0.39 is 0 Å². The molecule has 6 nitrogen and oxygen atoms in total. The third kappa shape index (κ3) is 4.53. The van der Waals surface area contributed by atoms with Crippen LogP contribution in [0.1, 0.15) is 12.8 Å². The minimum absolute atomic E-state index is 0.0153. The van der Waals surface area contributed by atoms with Gasteiger partial charge in [-0.05, 0) is 37.1 Å². The fourth-order valence-corrected chi connectivity index (χ4v) is 2.99. The van der Waals surface area contributed by atoms with Crippen LogP contribution in [0.2, 0.25) is 0 Å². The van der Waals surface area contributed by atoms with E-state index in [4.69, 9.17) is 10.5 Å². The number of para-hydroxylation sites is 3. The molecule has 0 bridgehead atoms. The number of benzene rings is 2. The normalized spacial score (nSPS) is 14.7. The summed E-state index contributed by atoms with van der Waals surface area (Å²) in [5.41, 5.74) is 7.04. The van der Waals surface area contributed by atoms with Crippen molar-refractivity contribution < 1.29 is 14.3 Å². The van der Waals surface area contributed by atoms with Crippen LogP contribution in [-0.4, -0.2) is 36.4 Å². The lowest BCUT2D eigenvalue weighted by Gasteiger charge is -2.31. The van der Waals surface area contributed by atoms with Gasteiger partial charge < -0.3 is 20.7 Å². The Bertz CT molecular complexity index is 756. The van der Waals surface area contributed by atoms with Crippen LogP contribution in [0.3, 0.4) is 0 Å². The minimum Gasteiger partial charge on any atom is -0.484 e. The summed E-state index contributed by atoms with van der Waals surface area (Å²) in [6.45, 7) is 1.13. The minimum atomic E-state index is -0.117. The standard InChI is InChI=1S/C20H23N3O3/c21-17-8-4-5-9-18(17)22-20(25)15-10-12-23(13-11-15)19(24)14-26-16-6-2-1-3-7-16/h1-9,15H,10-14,21H2,(H,22,25). The Labute approximate surface area is 152 Å². The predicted octanol–water partition coefficient (Wildman–Crippen LogP) is 2.52. The molecule has 1 saturated heterocycles. The molecule has 26 heavy (non-hydrogen) atoms. The zero-order valence-electron chi connectivity index (χ0n) is 14.6. The molecule has 0 aromatic heterocycles. The molecule has 2 aromatic carbocycles. The molecular weight excluding hydrogens is 330 g/mol. The highest BCUT2D eigenvalue weighted by atomic mass is 16.5. The third-order valence-electron chi connectivity index (χ3n) is 4.54. The number of nitrogens with zero attached hydrogens (tertiary/aromatic N) is 1. The van der Waals surface area contributed by atoms with Crippen molar-refractivity contribution in [3.63, 3.8) is 0 Å². The first-order valence-corrected chi connectivity index (χ1v) is 8.74. The third-order valence-corrected chi connectivity index (χ3v) is 4.54. The van der Waals surface area contributed by atoms with Crippen molar-refractivity contribution in [3.05, 3.63) is 54.6 Å². The van der Waals surface area contributed by atoms with E-state index in [0.717, 1.165) is 0 Å². The summed E-state index contributed by atoms with van der Waals surface area (Å²) in [4.78, 5) is 26.4. The molecule has 0 unspecified atom stereocenters. The number of likely N-dealkylation sites (tertiary alicyclic amines) is 1. The molecular formula is C20H23N3O3. The van der Waals surface area contributed by atoms with Crippen LogP contribution in [0.15, 0.2) is 54.6 Å². The van der Waals surface area contributed by atoms with E-state index >= 15 is 0 Å². The Kier molecular flexibility index (Phi) is 5.73. The topological polar surface area (TPSA) is 84.7 Å². The molecule has 0 spiro atoms. The largest absolute Gasteiger partial charge is 0.484 e. The smallest absolute Gasteiger partial charge is 0.260 e. The van der Waals surface area contributed by atoms with Gasteiger partial charge in [0, 0.05) is 19.0 Å². The summed E-state index contributed by atoms with van der Waals surface area (Å²) in [6, 6.07) is 16.5. The number of rotatable bonds is 5. The van der Waals surface area contributed by atoms with Gasteiger partial charge in [-0.25, -0.2) is 0 Å². The SMILES string of the molecule is Nc1ccccc1NC(=O)C1CCN(C(=O)COc2ccccc2)CC1. The second-order valence-electron chi connectivity index (χ2n) is 6.33. The number of nitrogen functional groups attached to an aromatic ring is 1. The van der Waals surface area contributed by atoms with Crippen molar-refractivity contribution in [1.82, 2.24) is 4.90 Å². The molecule has 6 heteroatoms. The lowest BCUT2D eigenvalue weighted by molar-refractivity contribution is -0.136. The summed E-state index contributed by atoms with van der Waals surface area (Å²) in [7, 11) is 0. The maximum atomic E-state index is 12.4. The molecule has 0 atom stereocenters. The fourth-order valence-electron chi connectivity index (χ4n) is 2.99. The number of ether oxygens (including phenoxy) is 1. The maximum absolute atomic E-state index is 12.4. The second-order valence-corrected chi connectivity index (χ2v) is 6.33. The molecule has 2 aromatic rings. The number of nitrogens with two attached hydrogens (primary N) is 1. The van der Waals surface area contributed by atoms with E-state index in [1.54, 1.807) is 17.0 Å². The van der Waals surface area contributed by atoms with Crippen molar-refractivity contribution in [2.45, 2.75) is 12.8 Å². The van der Waals surface area contributed by atoms with Crippen molar-refractivity contribution in [2.24, 2.45) is 5.92 Å². The van der Waals surface area contributed by atoms with E-state index in [1.807, 2.05) is 42.5 Å². The molecule has 3 rings (SSSR count). The van der Waals surface area contributed by atoms with Crippen LogP contribution < -0.4 is 15.8 Å².